The van der Waals surface area contributed by atoms with Crippen LogP contribution in [0, 0.1) is 11.7 Å². The molecule has 3 nitrogen and oxygen atoms in total. The maximum atomic E-state index is 13.4. The second-order valence-corrected chi connectivity index (χ2v) is 6.78. The van der Waals surface area contributed by atoms with Crippen LogP contribution in [0.5, 0.6) is 0 Å². The fraction of sp³-hybridized carbons (Fsp3) is 0.579. The summed E-state index contributed by atoms with van der Waals surface area (Å²) in [5.41, 5.74) is 2.37. The minimum Gasteiger partial charge on any atom is -0.385 e. The van der Waals surface area contributed by atoms with Crippen LogP contribution in [0.15, 0.2) is 24.3 Å². The molecule has 1 saturated heterocycles. The van der Waals surface area contributed by atoms with Crippen LogP contribution in [-0.4, -0.2) is 36.3 Å². The lowest BCUT2D eigenvalue weighted by Crippen LogP contribution is -2.35. The number of hydrogen-bond acceptors (Lipinski definition) is 2. The van der Waals surface area contributed by atoms with Gasteiger partial charge in [0.05, 0.1) is 0 Å². The van der Waals surface area contributed by atoms with Crippen LogP contribution in [0.4, 0.5) is 4.39 Å². The van der Waals surface area contributed by atoms with Gasteiger partial charge in [0.2, 0.25) is 0 Å². The molecule has 1 aliphatic rings. The third kappa shape index (κ3) is 3.93. The van der Waals surface area contributed by atoms with Gasteiger partial charge >= 0.3 is 0 Å². The SMILES string of the molecule is COCCC[C@@H]1CCCN(Cc2cc3cc(F)ccc3n2C)C1. The molecule has 1 fully saturated rings. The number of benzene rings is 1. The number of piperidine rings is 1. The molecule has 1 aromatic heterocycles. The van der Waals surface area contributed by atoms with Crippen LogP contribution in [0.1, 0.15) is 31.4 Å². The number of halogens is 1. The van der Waals surface area contributed by atoms with Crippen molar-refractivity contribution in [3.63, 3.8) is 0 Å². The van der Waals surface area contributed by atoms with E-state index in [4.69, 9.17) is 4.74 Å². The summed E-state index contributed by atoms with van der Waals surface area (Å²) in [4.78, 5) is 2.55. The Bertz CT molecular complexity index is 652. The van der Waals surface area contributed by atoms with E-state index in [1.807, 2.05) is 6.07 Å². The smallest absolute Gasteiger partial charge is 0.123 e. The van der Waals surface area contributed by atoms with Gasteiger partial charge in [-0.05, 0) is 62.4 Å². The highest BCUT2D eigenvalue weighted by Crippen LogP contribution is 2.25. The first-order chi connectivity index (χ1) is 11.2. The Labute approximate surface area is 138 Å². The van der Waals surface area contributed by atoms with E-state index in [1.54, 1.807) is 19.2 Å². The standard InChI is InChI=1S/C19H27FN2O/c1-21-18(12-16-11-17(20)7-8-19(16)21)14-22-9-3-5-15(13-22)6-4-10-23-2/h7-8,11-12,15H,3-6,9-10,13-14H2,1-2H3/t15-/m0/s1. The molecule has 0 unspecified atom stereocenters. The van der Waals surface area contributed by atoms with E-state index >= 15 is 0 Å². The third-order valence-electron chi connectivity index (χ3n) is 5.05. The van der Waals surface area contributed by atoms with Gasteiger partial charge in [-0.1, -0.05) is 0 Å². The molecule has 2 heterocycles. The van der Waals surface area contributed by atoms with Gasteiger partial charge in [-0.2, -0.15) is 0 Å². The van der Waals surface area contributed by atoms with Crippen LogP contribution in [0.3, 0.4) is 0 Å². The maximum Gasteiger partial charge on any atom is 0.123 e. The summed E-state index contributed by atoms with van der Waals surface area (Å²) in [5.74, 6) is 0.622. The number of aryl methyl sites for hydroxylation is 1. The van der Waals surface area contributed by atoms with Crippen molar-refractivity contribution >= 4 is 10.9 Å². The van der Waals surface area contributed by atoms with Crippen LogP contribution in [0.2, 0.25) is 0 Å². The average molecular weight is 318 g/mol. The predicted molar refractivity (Wildman–Crippen MR) is 92.0 cm³/mol. The van der Waals surface area contributed by atoms with E-state index < -0.39 is 0 Å². The van der Waals surface area contributed by atoms with Gasteiger partial charge in [0, 0.05) is 50.5 Å². The lowest BCUT2D eigenvalue weighted by atomic mass is 9.93. The molecular formula is C19H27FN2O. The zero-order valence-corrected chi connectivity index (χ0v) is 14.2. The molecule has 0 N–H and O–H groups in total. The van der Waals surface area contributed by atoms with Crippen molar-refractivity contribution in [2.75, 3.05) is 26.8 Å². The van der Waals surface area contributed by atoms with Crippen molar-refractivity contribution in [2.45, 2.75) is 32.2 Å². The molecule has 23 heavy (non-hydrogen) atoms. The van der Waals surface area contributed by atoms with Gasteiger partial charge in [-0.25, -0.2) is 4.39 Å². The van der Waals surface area contributed by atoms with Gasteiger partial charge in [0.25, 0.3) is 0 Å². The molecule has 0 radical (unpaired) electrons. The summed E-state index contributed by atoms with van der Waals surface area (Å²) in [6.45, 7) is 4.15. The number of methoxy groups -OCH3 is 1. The van der Waals surface area contributed by atoms with Crippen molar-refractivity contribution in [1.29, 1.82) is 0 Å². The molecule has 0 aliphatic carbocycles. The first kappa shape index (κ1) is 16.5. The first-order valence-electron chi connectivity index (χ1n) is 8.62. The van der Waals surface area contributed by atoms with E-state index in [2.05, 4.69) is 22.6 Å². The molecule has 1 atom stereocenters. The van der Waals surface area contributed by atoms with E-state index in [1.165, 1.54) is 31.5 Å². The minimum absolute atomic E-state index is 0.161. The Balaban J connectivity index is 1.65. The lowest BCUT2D eigenvalue weighted by Gasteiger charge is -2.32. The normalized spacial score (nSPS) is 19.5. The first-order valence-corrected chi connectivity index (χ1v) is 8.62. The van der Waals surface area contributed by atoms with E-state index in [-0.39, 0.29) is 5.82 Å². The zero-order valence-electron chi connectivity index (χ0n) is 14.2. The Hall–Kier alpha value is -1.39. The Morgan fingerprint density at radius 1 is 1.30 bits per heavy atom. The van der Waals surface area contributed by atoms with Crippen LogP contribution < -0.4 is 0 Å². The Morgan fingerprint density at radius 3 is 3.00 bits per heavy atom. The summed E-state index contributed by atoms with van der Waals surface area (Å²) >= 11 is 0. The predicted octanol–water partition coefficient (Wildman–Crippen LogP) is 3.96. The van der Waals surface area contributed by atoms with Crippen molar-refractivity contribution in [1.82, 2.24) is 9.47 Å². The lowest BCUT2D eigenvalue weighted by molar-refractivity contribution is 0.141. The third-order valence-corrected chi connectivity index (χ3v) is 5.05. The molecule has 1 aliphatic heterocycles. The molecule has 2 aromatic rings. The highest BCUT2D eigenvalue weighted by Gasteiger charge is 2.20. The molecule has 4 heteroatoms. The number of fused-ring (bicyclic) bond motifs is 1. The van der Waals surface area contributed by atoms with Gasteiger partial charge in [-0.15, -0.1) is 0 Å². The van der Waals surface area contributed by atoms with Crippen molar-refractivity contribution in [2.24, 2.45) is 13.0 Å². The Kier molecular flexibility index (Phi) is 5.34. The zero-order chi connectivity index (χ0) is 16.2. The average Bonchev–Trinajstić information content (AvgIpc) is 2.83. The Morgan fingerprint density at radius 2 is 2.17 bits per heavy atom. The molecule has 0 spiro atoms. The molecule has 0 amide bonds. The number of nitrogens with zero attached hydrogens (tertiary/aromatic N) is 2. The van der Waals surface area contributed by atoms with Gasteiger partial charge < -0.3 is 9.30 Å². The number of aromatic nitrogens is 1. The fourth-order valence-corrected chi connectivity index (χ4v) is 3.81. The highest BCUT2D eigenvalue weighted by atomic mass is 19.1. The number of likely N-dealkylation sites (tertiary alicyclic amines) is 1. The van der Waals surface area contributed by atoms with E-state index in [0.29, 0.717) is 0 Å². The van der Waals surface area contributed by atoms with Crippen LogP contribution >= 0.6 is 0 Å². The highest BCUT2D eigenvalue weighted by molar-refractivity contribution is 5.81. The van der Waals surface area contributed by atoms with Crippen molar-refractivity contribution < 1.29 is 9.13 Å². The van der Waals surface area contributed by atoms with Crippen LogP contribution in [-0.2, 0) is 18.3 Å². The summed E-state index contributed by atoms with van der Waals surface area (Å²) in [7, 11) is 3.85. The maximum absolute atomic E-state index is 13.4. The molecule has 0 saturated carbocycles. The molecule has 3 rings (SSSR count). The minimum atomic E-state index is -0.161. The fourth-order valence-electron chi connectivity index (χ4n) is 3.81. The molecule has 126 valence electrons. The van der Waals surface area contributed by atoms with Crippen LogP contribution in [0.25, 0.3) is 10.9 Å². The van der Waals surface area contributed by atoms with E-state index in [0.717, 1.165) is 42.9 Å². The summed E-state index contributed by atoms with van der Waals surface area (Å²) in [5, 5.41) is 0.996. The number of rotatable bonds is 6. The second-order valence-electron chi connectivity index (χ2n) is 6.78. The molecule has 0 bridgehead atoms. The van der Waals surface area contributed by atoms with Gasteiger partial charge in [0.15, 0.2) is 0 Å². The summed E-state index contributed by atoms with van der Waals surface area (Å²) in [6, 6.07) is 7.17. The summed E-state index contributed by atoms with van der Waals surface area (Å²) in [6.07, 6.45) is 5.02. The van der Waals surface area contributed by atoms with Crippen molar-refractivity contribution in [3.05, 3.63) is 35.8 Å². The topological polar surface area (TPSA) is 17.4 Å². The molecular weight excluding hydrogens is 291 g/mol. The van der Waals surface area contributed by atoms with Gasteiger partial charge in [-0.3, -0.25) is 4.90 Å². The monoisotopic (exact) mass is 318 g/mol. The van der Waals surface area contributed by atoms with Crippen molar-refractivity contribution in [3.8, 4) is 0 Å². The quantitative estimate of drug-likeness (QED) is 0.750. The second kappa shape index (κ2) is 7.45. The summed E-state index contributed by atoms with van der Waals surface area (Å²) < 4.78 is 20.8. The molecule has 1 aromatic carbocycles. The number of hydrogen-bond donors (Lipinski definition) is 0. The largest absolute Gasteiger partial charge is 0.385 e. The van der Waals surface area contributed by atoms with Gasteiger partial charge in [0.1, 0.15) is 5.82 Å². The number of ether oxygens (including phenoxy) is 1. The van der Waals surface area contributed by atoms with E-state index in [9.17, 15) is 4.39 Å².